The van der Waals surface area contributed by atoms with Gasteiger partial charge < -0.3 is 66.2 Å². The number of hydrogen-bond acceptors (Lipinski definition) is 13. The lowest BCUT2D eigenvalue weighted by Crippen LogP contribution is -2.46. The van der Waals surface area contributed by atoms with Crippen molar-refractivity contribution >= 4 is 64.6 Å². The van der Waals surface area contributed by atoms with Crippen LogP contribution >= 0.6 is 0 Å². The molecule has 6 unspecified atom stereocenters. The Morgan fingerprint density at radius 2 is 1.08 bits per heavy atom. The molecule has 3 fully saturated rings. The summed E-state index contributed by atoms with van der Waals surface area (Å²) in [5.74, 6) is 2.36. The molecule has 77 heavy (non-hydrogen) atoms. The van der Waals surface area contributed by atoms with Crippen LogP contribution in [-0.2, 0) is 41.1 Å². The Bertz CT molecular complexity index is 1480. The van der Waals surface area contributed by atoms with Gasteiger partial charge in [0.05, 0.1) is 51.5 Å². The zero-order valence-corrected chi connectivity index (χ0v) is 61.6. The minimum Gasteiger partial charge on any atom is -0.455 e. The Labute approximate surface area is 483 Å². The van der Waals surface area contributed by atoms with Crippen LogP contribution in [0.15, 0.2) is 0 Å². The number of aliphatic hydroxyl groups is 2. The van der Waals surface area contributed by atoms with Crippen molar-refractivity contribution in [1.29, 1.82) is 0 Å². The molecule has 3 heterocycles. The van der Waals surface area contributed by atoms with E-state index in [0.29, 0.717) is 51.1 Å². The number of ether oxygens (including phenoxy) is 6. The lowest BCUT2D eigenvalue weighted by atomic mass is 10.2. The predicted octanol–water partition coefficient (Wildman–Crippen LogP) is 10.2. The first-order valence-electron chi connectivity index (χ1n) is 29.6. The van der Waals surface area contributed by atoms with Crippen molar-refractivity contribution in [3.63, 3.8) is 0 Å². The average molecular weight is 1220 g/mol. The maximum absolute atomic E-state index is 10.4. The molecule has 3 aliphatic heterocycles. The molecule has 3 aliphatic rings. The highest BCUT2D eigenvalue weighted by molar-refractivity contribution is 6.85. The highest BCUT2D eigenvalue weighted by atomic mass is 28.4. The fourth-order valence-corrected chi connectivity index (χ4v) is 33.7. The standard InChI is InChI=1S/C26H63NO6Si4.C16H34O5Si2.C7H17NSi.C6H14N.H2O/c1-24(23-34(4,5)6)19-27(2)20-25(28)21-31-15-13-17-35(7,8)33-36(9,10)18-14-16-32-22-26(29)37(11,12)30-3;1-22(2,9-5-7-17-11-15-13-19-15)21-23(3,4)10-6-8-18-12-16-14-20-16;1-7-5-8(2)9(3,4)6-7;1-6(2)5-7(3)4;/h24-26,28-29H,13-23H2,1-12H3;15-16H,5-14H2,1-4H3;7H,5-6H2,1-4H3;6H,3,5H2,1-2,4H3;1H2/q;;;+1;. The number of hydrogen-bond donors (Lipinski definition) is 2. The van der Waals surface area contributed by atoms with Crippen molar-refractivity contribution in [3.8, 4) is 0 Å². The third kappa shape index (κ3) is 46.7. The molecule has 6 atom stereocenters. The molecule has 0 saturated carbocycles. The second-order valence-electron chi connectivity index (χ2n) is 28.4. The minimum absolute atomic E-state index is 0. The Kier molecular flexibility index (Phi) is 40.7. The molecule has 0 bridgehead atoms. The van der Waals surface area contributed by atoms with E-state index in [-0.39, 0.29) is 5.48 Å². The molecule has 0 aromatic heterocycles. The zero-order valence-electron chi connectivity index (χ0n) is 54.6. The number of epoxide rings is 2. The van der Waals surface area contributed by atoms with Crippen LogP contribution in [0.4, 0.5) is 0 Å². The Hall–Kier alpha value is 0.628. The molecule has 0 spiro atoms. The average Bonchev–Trinajstić information content (AvgIpc) is 4.18. The van der Waals surface area contributed by atoms with Gasteiger partial charge in [-0.2, -0.15) is 0 Å². The molecule has 464 valence electrons. The van der Waals surface area contributed by atoms with Crippen molar-refractivity contribution in [2.75, 3.05) is 121 Å². The van der Waals surface area contributed by atoms with Crippen molar-refractivity contribution in [3.05, 3.63) is 0 Å². The van der Waals surface area contributed by atoms with Gasteiger partial charge in [-0.1, -0.05) is 66.5 Å². The van der Waals surface area contributed by atoms with Crippen LogP contribution in [0.25, 0.3) is 0 Å². The summed E-state index contributed by atoms with van der Waals surface area (Å²) in [5, 5.41) is 20.6. The molecule has 22 heteroatoms. The fourth-order valence-electron chi connectivity index (χ4n) is 10.1. The molecule has 4 N–H and O–H groups in total. The molecule has 0 amide bonds. The highest BCUT2D eigenvalue weighted by Crippen LogP contribution is 2.29. The van der Waals surface area contributed by atoms with Crippen LogP contribution in [0.2, 0.25) is 134 Å². The van der Waals surface area contributed by atoms with E-state index < -0.39 is 69.7 Å². The monoisotopic (exact) mass is 1220 g/mol. The summed E-state index contributed by atoms with van der Waals surface area (Å²) in [5.41, 5.74) is -0.502. The van der Waals surface area contributed by atoms with Gasteiger partial charge in [0, 0.05) is 60.6 Å². The van der Waals surface area contributed by atoms with Gasteiger partial charge in [-0.15, -0.1) is 0 Å². The largest absolute Gasteiger partial charge is 0.455 e. The van der Waals surface area contributed by atoms with Gasteiger partial charge in [-0.3, -0.25) is 0 Å². The number of aliphatic hydroxyl groups excluding tert-OH is 2. The van der Waals surface area contributed by atoms with Gasteiger partial charge in [0.15, 0.2) is 33.3 Å². The van der Waals surface area contributed by atoms with Crippen LogP contribution in [0.5, 0.6) is 0 Å². The predicted molar refractivity (Wildman–Crippen MR) is 345 cm³/mol. The van der Waals surface area contributed by atoms with Gasteiger partial charge in [0.1, 0.15) is 40.8 Å². The normalized spacial score (nSPS) is 20.0. The van der Waals surface area contributed by atoms with Gasteiger partial charge in [0.2, 0.25) is 8.32 Å². The minimum atomic E-state index is -2.06. The summed E-state index contributed by atoms with van der Waals surface area (Å²) in [4.78, 5) is 2.24. The van der Waals surface area contributed by atoms with Crippen LogP contribution < -0.4 is 0 Å². The summed E-state index contributed by atoms with van der Waals surface area (Å²) in [6.07, 6.45) is 4.43. The van der Waals surface area contributed by atoms with E-state index in [9.17, 15) is 10.2 Å². The molecule has 15 nitrogen and oxygen atoms in total. The van der Waals surface area contributed by atoms with E-state index in [0.717, 1.165) is 102 Å². The van der Waals surface area contributed by atoms with Gasteiger partial charge in [-0.05, 0) is 154 Å². The summed E-state index contributed by atoms with van der Waals surface area (Å²) in [6.45, 7) is 58.6. The lowest BCUT2D eigenvalue weighted by Gasteiger charge is -2.34. The summed E-state index contributed by atoms with van der Waals surface area (Å²) in [6, 6.07) is 7.26. The first-order chi connectivity index (χ1) is 34.8. The summed E-state index contributed by atoms with van der Waals surface area (Å²) >= 11 is 0. The van der Waals surface area contributed by atoms with Crippen LogP contribution in [0.3, 0.4) is 0 Å². The van der Waals surface area contributed by atoms with Gasteiger partial charge in [-0.25, -0.2) is 4.58 Å². The molecule has 3 saturated heterocycles. The van der Waals surface area contributed by atoms with Crippen LogP contribution in [0, 0.1) is 17.8 Å². The second-order valence-corrected chi connectivity index (χ2v) is 60.7. The van der Waals surface area contributed by atoms with E-state index in [1.807, 2.05) is 24.7 Å². The quantitative estimate of drug-likeness (QED) is 0.0197. The van der Waals surface area contributed by atoms with E-state index in [2.05, 4.69) is 143 Å². The highest BCUT2D eigenvalue weighted by Gasteiger charge is 2.37. The zero-order chi connectivity index (χ0) is 58.6. The van der Waals surface area contributed by atoms with Crippen molar-refractivity contribution < 1.29 is 61.3 Å². The van der Waals surface area contributed by atoms with Crippen molar-refractivity contribution in [2.24, 2.45) is 17.8 Å². The number of rotatable bonds is 38. The van der Waals surface area contributed by atoms with Crippen LogP contribution in [-0.4, -0.2) is 239 Å². The number of likely N-dealkylation sites (N-methyl/N-ethyl adjacent to an activating group) is 1. The third-order valence-electron chi connectivity index (χ3n) is 14.0. The fraction of sp³-hybridized carbons (Fsp3) is 0.982. The molecule has 3 rings (SSSR count). The lowest BCUT2D eigenvalue weighted by molar-refractivity contribution is -0.494. The summed E-state index contributed by atoms with van der Waals surface area (Å²) in [7, 11) is -2.68. The van der Waals surface area contributed by atoms with E-state index >= 15 is 0 Å². The Morgan fingerprint density at radius 1 is 0.688 bits per heavy atom. The smallest absolute Gasteiger partial charge is 0.216 e. The van der Waals surface area contributed by atoms with Crippen LogP contribution in [0.1, 0.15) is 53.4 Å². The first-order valence-corrected chi connectivity index (χ1v) is 51.9. The molecule has 0 aromatic carbocycles. The molecular formula is C55H130N3O12Si7+. The van der Waals surface area contributed by atoms with Gasteiger partial charge >= 0.3 is 0 Å². The maximum Gasteiger partial charge on any atom is 0.216 e. The Balaban J connectivity index is 0. The maximum atomic E-state index is 10.4. The van der Waals surface area contributed by atoms with E-state index in [4.69, 9.17) is 41.1 Å². The Morgan fingerprint density at radius 3 is 1.36 bits per heavy atom. The molecule has 0 aromatic rings. The number of nitrogens with zero attached hydrogens (tertiary/aromatic N) is 3. The van der Waals surface area contributed by atoms with Crippen molar-refractivity contribution in [2.45, 2.75) is 212 Å². The van der Waals surface area contributed by atoms with E-state index in [1.54, 1.807) is 7.11 Å². The molecule has 0 radical (unpaired) electrons. The topological polar surface area (TPSA) is 171 Å². The SMILES string of the molecule is C=[N+](C)CC(C)C.CC1CN(C)[Si](C)(C)C1.CO[Si](C)(C)C(O)COCCC[Si](C)(C)O[Si](C)(C)CCCOCC(O)CN(C)CC(C)C[Si](C)(C)C.C[Si](C)(CCCOCC1CO1)O[Si](C)(C)CCCOCC1CO1.O. The molecule has 0 aliphatic carbocycles. The summed E-state index contributed by atoms with van der Waals surface area (Å²) < 4.78 is 56.4. The third-order valence-corrected chi connectivity index (χ3v) is 37.7. The second kappa shape index (κ2) is 39.3. The van der Waals surface area contributed by atoms with Gasteiger partial charge in [0.25, 0.3) is 0 Å². The first kappa shape index (κ1) is 79.7. The molecular weight excluding hydrogens is 1090 g/mol. The van der Waals surface area contributed by atoms with E-state index in [1.165, 1.54) is 30.7 Å². The van der Waals surface area contributed by atoms with Crippen molar-refractivity contribution in [1.82, 2.24) is 9.47 Å².